The van der Waals surface area contributed by atoms with Gasteiger partial charge in [0.15, 0.2) is 11.3 Å². The predicted molar refractivity (Wildman–Crippen MR) is 129 cm³/mol. The molecule has 0 bridgehead atoms. The van der Waals surface area contributed by atoms with Crippen LogP contribution in [0.1, 0.15) is 51.7 Å². The molecule has 3 heterocycles. The molecule has 0 radical (unpaired) electrons. The SMILES string of the molecule is CC1(C)CC2(CC(C)(C)N1)OC(Cc1ccccc1)(Cc1ccccc1)N(CC1CO1)C2=O. The van der Waals surface area contributed by atoms with Crippen LogP contribution in [0.5, 0.6) is 0 Å². The summed E-state index contributed by atoms with van der Waals surface area (Å²) in [6.45, 7) is 9.99. The number of hydrogen-bond donors (Lipinski definition) is 1. The van der Waals surface area contributed by atoms with Gasteiger partial charge in [0, 0.05) is 36.8 Å². The zero-order valence-electron chi connectivity index (χ0n) is 20.3. The maximum absolute atomic E-state index is 14.3. The Morgan fingerprint density at radius 2 is 1.36 bits per heavy atom. The summed E-state index contributed by atoms with van der Waals surface area (Å²) in [6.07, 6.45) is 2.70. The van der Waals surface area contributed by atoms with Crippen LogP contribution in [0.2, 0.25) is 0 Å². The Morgan fingerprint density at radius 1 is 0.879 bits per heavy atom. The molecule has 5 heteroatoms. The van der Waals surface area contributed by atoms with E-state index >= 15 is 0 Å². The summed E-state index contributed by atoms with van der Waals surface area (Å²) in [5.41, 5.74) is 0.315. The first-order valence-corrected chi connectivity index (χ1v) is 12.1. The van der Waals surface area contributed by atoms with Crippen LogP contribution < -0.4 is 5.32 Å². The lowest BCUT2D eigenvalue weighted by Crippen LogP contribution is -2.65. The molecule has 1 atom stereocenters. The standard InChI is InChI=1S/C28H36N2O3/c1-25(2)19-27(20-26(3,4)29-25)24(31)30(17-23-18-32-23)28(33-27,15-21-11-7-5-8-12-21)16-22-13-9-6-10-14-22/h5-14,23,29H,15-20H2,1-4H3. The van der Waals surface area contributed by atoms with Gasteiger partial charge in [-0.15, -0.1) is 0 Å². The average molecular weight is 449 g/mol. The van der Waals surface area contributed by atoms with Crippen LogP contribution in [-0.2, 0) is 27.1 Å². The van der Waals surface area contributed by atoms with Crippen molar-refractivity contribution in [2.24, 2.45) is 0 Å². The molecule has 3 aliphatic heterocycles. The number of hydrogen-bond acceptors (Lipinski definition) is 4. The van der Waals surface area contributed by atoms with Gasteiger partial charge in [-0.05, 0) is 38.8 Å². The van der Waals surface area contributed by atoms with Crippen molar-refractivity contribution in [3.05, 3.63) is 71.8 Å². The van der Waals surface area contributed by atoms with Crippen molar-refractivity contribution in [1.29, 1.82) is 0 Å². The second kappa shape index (κ2) is 7.93. The highest BCUT2D eigenvalue weighted by atomic mass is 16.6. The van der Waals surface area contributed by atoms with Gasteiger partial charge in [0.1, 0.15) is 0 Å². The van der Waals surface area contributed by atoms with Gasteiger partial charge < -0.3 is 19.7 Å². The first-order valence-electron chi connectivity index (χ1n) is 12.1. The molecule has 5 rings (SSSR count). The minimum absolute atomic E-state index is 0.0985. The number of rotatable bonds is 6. The predicted octanol–water partition coefficient (Wildman–Crippen LogP) is 4.11. The van der Waals surface area contributed by atoms with Crippen LogP contribution in [-0.4, -0.2) is 52.5 Å². The molecule has 3 aliphatic rings. The Kier molecular flexibility index (Phi) is 5.43. The van der Waals surface area contributed by atoms with Gasteiger partial charge in [-0.3, -0.25) is 4.79 Å². The lowest BCUT2D eigenvalue weighted by molar-refractivity contribution is -0.169. The molecule has 3 fully saturated rings. The zero-order valence-corrected chi connectivity index (χ0v) is 20.3. The maximum atomic E-state index is 14.3. The molecule has 1 amide bonds. The van der Waals surface area contributed by atoms with E-state index in [-0.39, 0.29) is 23.1 Å². The number of epoxide rings is 1. The highest BCUT2D eigenvalue weighted by Gasteiger charge is 2.65. The third kappa shape index (κ3) is 4.59. The summed E-state index contributed by atoms with van der Waals surface area (Å²) in [6, 6.07) is 20.8. The van der Waals surface area contributed by atoms with E-state index in [1.165, 1.54) is 11.1 Å². The summed E-state index contributed by atoms with van der Waals surface area (Å²) < 4.78 is 12.8. The van der Waals surface area contributed by atoms with Gasteiger partial charge in [-0.2, -0.15) is 0 Å². The summed E-state index contributed by atoms with van der Waals surface area (Å²) >= 11 is 0. The molecule has 0 aliphatic carbocycles. The van der Waals surface area contributed by atoms with Crippen molar-refractivity contribution >= 4 is 5.91 Å². The normalized spacial score (nSPS) is 26.5. The Bertz CT molecular complexity index is 941. The van der Waals surface area contributed by atoms with Crippen molar-refractivity contribution in [2.75, 3.05) is 13.2 Å². The molecular formula is C28H36N2O3. The zero-order chi connectivity index (χ0) is 23.3. The second-order valence-electron chi connectivity index (χ2n) is 11.5. The van der Waals surface area contributed by atoms with E-state index in [1.54, 1.807) is 0 Å². The minimum Gasteiger partial charge on any atom is -0.371 e. The van der Waals surface area contributed by atoms with Crippen molar-refractivity contribution in [3.8, 4) is 0 Å². The second-order valence-corrected chi connectivity index (χ2v) is 11.5. The fourth-order valence-electron chi connectivity index (χ4n) is 6.39. The summed E-state index contributed by atoms with van der Waals surface area (Å²) in [5.74, 6) is 0.118. The van der Waals surface area contributed by atoms with Crippen LogP contribution >= 0.6 is 0 Å². The van der Waals surface area contributed by atoms with E-state index in [0.29, 0.717) is 38.8 Å². The molecule has 2 aromatic carbocycles. The number of nitrogens with zero attached hydrogens (tertiary/aromatic N) is 1. The fourth-order valence-corrected chi connectivity index (χ4v) is 6.39. The lowest BCUT2D eigenvalue weighted by atomic mass is 9.72. The first kappa shape index (κ1) is 22.6. The van der Waals surface area contributed by atoms with E-state index < -0.39 is 11.3 Å². The maximum Gasteiger partial charge on any atom is 0.257 e. The molecule has 5 nitrogen and oxygen atoms in total. The number of ether oxygens (including phenoxy) is 2. The monoisotopic (exact) mass is 448 g/mol. The third-order valence-electron chi connectivity index (χ3n) is 7.08. The van der Waals surface area contributed by atoms with Crippen molar-refractivity contribution in [3.63, 3.8) is 0 Å². The van der Waals surface area contributed by atoms with E-state index in [9.17, 15) is 4.79 Å². The summed E-state index contributed by atoms with van der Waals surface area (Å²) in [5, 5.41) is 3.72. The molecule has 0 aromatic heterocycles. The molecule has 1 unspecified atom stereocenters. The number of benzene rings is 2. The fraction of sp³-hybridized carbons (Fsp3) is 0.536. The third-order valence-corrected chi connectivity index (χ3v) is 7.08. The lowest BCUT2D eigenvalue weighted by Gasteiger charge is -2.50. The first-order chi connectivity index (χ1) is 15.6. The largest absolute Gasteiger partial charge is 0.371 e. The van der Waals surface area contributed by atoms with Crippen LogP contribution in [0.15, 0.2) is 60.7 Å². The number of carbonyl (C=O) groups is 1. The van der Waals surface area contributed by atoms with E-state index in [4.69, 9.17) is 9.47 Å². The molecule has 1 spiro atoms. The van der Waals surface area contributed by atoms with Crippen LogP contribution in [0.4, 0.5) is 0 Å². The Morgan fingerprint density at radius 3 is 1.82 bits per heavy atom. The van der Waals surface area contributed by atoms with Gasteiger partial charge in [0.05, 0.1) is 19.3 Å². The Balaban J connectivity index is 1.60. The summed E-state index contributed by atoms with van der Waals surface area (Å²) in [4.78, 5) is 16.4. The van der Waals surface area contributed by atoms with E-state index in [2.05, 4.69) is 81.5 Å². The highest BCUT2D eigenvalue weighted by Crippen LogP contribution is 2.50. The van der Waals surface area contributed by atoms with Gasteiger partial charge >= 0.3 is 0 Å². The van der Waals surface area contributed by atoms with Crippen LogP contribution in [0, 0.1) is 0 Å². The van der Waals surface area contributed by atoms with Crippen LogP contribution in [0.3, 0.4) is 0 Å². The van der Waals surface area contributed by atoms with Gasteiger partial charge in [-0.25, -0.2) is 0 Å². The highest BCUT2D eigenvalue weighted by molar-refractivity contribution is 5.88. The van der Waals surface area contributed by atoms with Gasteiger partial charge in [-0.1, -0.05) is 60.7 Å². The van der Waals surface area contributed by atoms with E-state index in [0.717, 1.165) is 0 Å². The number of carbonyl (C=O) groups excluding carboxylic acids is 1. The van der Waals surface area contributed by atoms with Crippen molar-refractivity contribution in [1.82, 2.24) is 10.2 Å². The molecule has 2 aromatic rings. The Labute approximate surface area is 197 Å². The molecular weight excluding hydrogens is 412 g/mol. The number of nitrogens with one attached hydrogen (secondary N) is 1. The molecule has 33 heavy (non-hydrogen) atoms. The van der Waals surface area contributed by atoms with Gasteiger partial charge in [0.2, 0.25) is 0 Å². The summed E-state index contributed by atoms with van der Waals surface area (Å²) in [7, 11) is 0. The Hall–Kier alpha value is -2.21. The van der Waals surface area contributed by atoms with Crippen LogP contribution in [0.25, 0.3) is 0 Å². The molecule has 1 N–H and O–H groups in total. The quantitative estimate of drug-likeness (QED) is 0.676. The molecule has 3 saturated heterocycles. The van der Waals surface area contributed by atoms with Gasteiger partial charge in [0.25, 0.3) is 5.91 Å². The van der Waals surface area contributed by atoms with Crippen molar-refractivity contribution in [2.45, 2.75) is 81.9 Å². The smallest absolute Gasteiger partial charge is 0.257 e. The van der Waals surface area contributed by atoms with Crippen molar-refractivity contribution < 1.29 is 14.3 Å². The topological polar surface area (TPSA) is 54.1 Å². The number of amides is 1. The molecule has 0 saturated carbocycles. The average Bonchev–Trinajstić information content (AvgIpc) is 3.52. The minimum atomic E-state index is -0.850. The molecule has 176 valence electrons. The van der Waals surface area contributed by atoms with E-state index in [1.807, 2.05) is 17.0 Å². The number of piperidine rings is 1.